The molecular weight excluding hydrogens is 402 g/mol. The molecule has 9 nitrogen and oxygen atoms in total. The van der Waals surface area contributed by atoms with Crippen molar-refractivity contribution < 1.29 is 29.0 Å². The second-order valence-corrected chi connectivity index (χ2v) is 7.25. The fourth-order valence-corrected chi connectivity index (χ4v) is 3.59. The van der Waals surface area contributed by atoms with Gasteiger partial charge in [0.25, 0.3) is 11.8 Å². The third-order valence-electron chi connectivity index (χ3n) is 5.27. The van der Waals surface area contributed by atoms with E-state index < -0.39 is 24.5 Å². The van der Waals surface area contributed by atoms with Crippen LogP contribution in [0, 0.1) is 0 Å². The van der Waals surface area contributed by atoms with Crippen molar-refractivity contribution in [2.75, 3.05) is 32.9 Å². The van der Waals surface area contributed by atoms with Gasteiger partial charge in [-0.05, 0) is 18.2 Å². The van der Waals surface area contributed by atoms with Crippen LogP contribution >= 0.6 is 0 Å². The molecule has 1 fully saturated rings. The number of hydrogen-bond donors (Lipinski definition) is 3. The first-order chi connectivity index (χ1) is 15.0. The molecule has 9 heteroatoms. The Balaban J connectivity index is 1.50. The molecule has 160 valence electrons. The van der Waals surface area contributed by atoms with Gasteiger partial charge >= 0.3 is 0 Å². The third-order valence-corrected chi connectivity index (χ3v) is 5.27. The highest BCUT2D eigenvalue weighted by Crippen LogP contribution is 2.27. The van der Waals surface area contributed by atoms with Crippen molar-refractivity contribution >= 4 is 23.4 Å². The molecule has 31 heavy (non-hydrogen) atoms. The predicted octanol–water partition coefficient (Wildman–Crippen LogP) is -0.0839. The molecule has 2 amide bonds. The SMILES string of the molecule is O=C(NC(CO)C(=O)NN1CCOCC1)c1ccc2c(c1)C(=O)c1ccccc1C2=O. The molecule has 2 aromatic carbocycles. The topological polar surface area (TPSA) is 125 Å². The first-order valence-corrected chi connectivity index (χ1v) is 9.87. The Morgan fingerprint density at radius 1 is 0.968 bits per heavy atom. The molecule has 1 aliphatic heterocycles. The highest BCUT2D eigenvalue weighted by atomic mass is 16.5. The monoisotopic (exact) mass is 423 g/mol. The van der Waals surface area contributed by atoms with Gasteiger partial charge in [0, 0.05) is 40.9 Å². The Labute approximate surface area is 178 Å². The number of nitrogens with one attached hydrogen (secondary N) is 2. The fraction of sp³-hybridized carbons (Fsp3) is 0.273. The van der Waals surface area contributed by atoms with E-state index in [0.29, 0.717) is 31.9 Å². The summed E-state index contributed by atoms with van der Waals surface area (Å²) in [6, 6.07) is 9.54. The lowest BCUT2D eigenvalue weighted by Crippen LogP contribution is -2.56. The van der Waals surface area contributed by atoms with E-state index in [0.717, 1.165) is 0 Å². The average Bonchev–Trinajstić information content (AvgIpc) is 2.81. The van der Waals surface area contributed by atoms with E-state index in [1.54, 1.807) is 29.3 Å². The van der Waals surface area contributed by atoms with Gasteiger partial charge in [-0.1, -0.05) is 24.3 Å². The lowest BCUT2D eigenvalue weighted by Gasteiger charge is -2.28. The molecule has 1 unspecified atom stereocenters. The molecule has 0 saturated carbocycles. The Morgan fingerprint density at radius 3 is 2.23 bits per heavy atom. The molecule has 1 saturated heterocycles. The molecule has 1 heterocycles. The van der Waals surface area contributed by atoms with Crippen LogP contribution in [0.2, 0.25) is 0 Å². The number of morpholine rings is 1. The summed E-state index contributed by atoms with van der Waals surface area (Å²) in [5.41, 5.74) is 3.73. The zero-order chi connectivity index (χ0) is 22.0. The van der Waals surface area contributed by atoms with E-state index in [4.69, 9.17) is 4.74 Å². The van der Waals surface area contributed by atoms with Crippen LogP contribution in [0.4, 0.5) is 0 Å². The van der Waals surface area contributed by atoms with Crippen molar-refractivity contribution in [2.24, 2.45) is 0 Å². The summed E-state index contributed by atoms with van der Waals surface area (Å²) in [5, 5.41) is 13.7. The molecular formula is C22H21N3O6. The molecule has 0 spiro atoms. The van der Waals surface area contributed by atoms with Gasteiger partial charge in [-0.25, -0.2) is 5.01 Å². The average molecular weight is 423 g/mol. The Morgan fingerprint density at radius 2 is 1.58 bits per heavy atom. The highest BCUT2D eigenvalue weighted by Gasteiger charge is 2.30. The summed E-state index contributed by atoms with van der Waals surface area (Å²) < 4.78 is 5.21. The number of aliphatic hydroxyl groups is 1. The quantitative estimate of drug-likeness (QED) is 0.524. The number of ketones is 2. The fourth-order valence-electron chi connectivity index (χ4n) is 3.59. The van der Waals surface area contributed by atoms with Crippen LogP contribution in [0.5, 0.6) is 0 Å². The van der Waals surface area contributed by atoms with Gasteiger partial charge < -0.3 is 15.2 Å². The van der Waals surface area contributed by atoms with Crippen LogP contribution in [-0.4, -0.2) is 72.4 Å². The van der Waals surface area contributed by atoms with Crippen LogP contribution in [0.25, 0.3) is 0 Å². The number of rotatable bonds is 5. The van der Waals surface area contributed by atoms with E-state index in [2.05, 4.69) is 10.7 Å². The van der Waals surface area contributed by atoms with Gasteiger partial charge in [-0.15, -0.1) is 0 Å². The first-order valence-electron chi connectivity index (χ1n) is 9.87. The van der Waals surface area contributed by atoms with Gasteiger partial charge in [0.15, 0.2) is 11.6 Å². The Kier molecular flexibility index (Phi) is 5.90. The normalized spacial score (nSPS) is 16.8. The molecule has 1 aliphatic carbocycles. The van der Waals surface area contributed by atoms with E-state index in [1.165, 1.54) is 18.2 Å². The van der Waals surface area contributed by atoms with Crippen LogP contribution in [0.3, 0.4) is 0 Å². The summed E-state index contributed by atoms with van der Waals surface area (Å²) in [6.07, 6.45) is 0. The number of amides is 2. The lowest BCUT2D eigenvalue weighted by molar-refractivity contribution is -0.130. The Bertz CT molecular complexity index is 1060. The number of hydrogen-bond acceptors (Lipinski definition) is 7. The van der Waals surface area contributed by atoms with Gasteiger partial charge in [-0.2, -0.15) is 0 Å². The second-order valence-electron chi connectivity index (χ2n) is 7.25. The molecule has 0 radical (unpaired) electrons. The lowest BCUT2D eigenvalue weighted by atomic mass is 9.83. The summed E-state index contributed by atoms with van der Waals surface area (Å²) in [7, 11) is 0. The van der Waals surface area contributed by atoms with Crippen LogP contribution in [0.1, 0.15) is 42.2 Å². The number of benzene rings is 2. The predicted molar refractivity (Wildman–Crippen MR) is 109 cm³/mol. The van der Waals surface area contributed by atoms with Crippen molar-refractivity contribution in [3.63, 3.8) is 0 Å². The van der Waals surface area contributed by atoms with Crippen molar-refractivity contribution in [2.45, 2.75) is 6.04 Å². The zero-order valence-electron chi connectivity index (χ0n) is 16.6. The molecule has 2 aromatic rings. The summed E-state index contributed by atoms with van der Waals surface area (Å²) in [4.78, 5) is 50.6. The standard InChI is InChI=1S/C22H21N3O6/c26-12-18(22(30)24-25-7-9-31-10-8-25)23-21(29)13-5-6-16-17(11-13)20(28)15-4-2-1-3-14(15)19(16)27/h1-6,11,18,26H,7-10,12H2,(H,23,29)(H,24,30). The summed E-state index contributed by atoms with van der Waals surface area (Å²) in [6.45, 7) is 1.35. The van der Waals surface area contributed by atoms with Crippen LogP contribution in [0.15, 0.2) is 42.5 Å². The third kappa shape index (κ3) is 4.11. The van der Waals surface area contributed by atoms with E-state index in [-0.39, 0.29) is 33.8 Å². The number of carbonyl (C=O) groups excluding carboxylic acids is 4. The van der Waals surface area contributed by atoms with Crippen molar-refractivity contribution in [1.82, 2.24) is 15.8 Å². The summed E-state index contributed by atoms with van der Waals surface area (Å²) in [5.74, 6) is -1.83. The summed E-state index contributed by atoms with van der Waals surface area (Å²) >= 11 is 0. The second kappa shape index (κ2) is 8.76. The number of hydrazine groups is 1. The number of carbonyl (C=O) groups is 4. The van der Waals surface area contributed by atoms with E-state index in [1.807, 2.05) is 0 Å². The number of nitrogens with zero attached hydrogens (tertiary/aromatic N) is 1. The van der Waals surface area contributed by atoms with Crippen LogP contribution < -0.4 is 10.7 Å². The van der Waals surface area contributed by atoms with E-state index >= 15 is 0 Å². The van der Waals surface area contributed by atoms with E-state index in [9.17, 15) is 24.3 Å². The molecule has 3 N–H and O–H groups in total. The van der Waals surface area contributed by atoms with Crippen molar-refractivity contribution in [1.29, 1.82) is 0 Å². The maximum Gasteiger partial charge on any atom is 0.259 e. The molecule has 0 aromatic heterocycles. The Hall–Kier alpha value is -3.40. The maximum atomic E-state index is 12.8. The van der Waals surface area contributed by atoms with Crippen LogP contribution in [-0.2, 0) is 9.53 Å². The number of aliphatic hydroxyl groups excluding tert-OH is 1. The van der Waals surface area contributed by atoms with Gasteiger partial charge in [0.05, 0.1) is 19.8 Å². The van der Waals surface area contributed by atoms with Crippen molar-refractivity contribution in [3.8, 4) is 0 Å². The number of fused-ring (bicyclic) bond motifs is 2. The molecule has 4 rings (SSSR count). The molecule has 1 atom stereocenters. The smallest absolute Gasteiger partial charge is 0.259 e. The van der Waals surface area contributed by atoms with Gasteiger partial charge in [-0.3, -0.25) is 24.6 Å². The zero-order valence-corrected chi connectivity index (χ0v) is 16.6. The van der Waals surface area contributed by atoms with Crippen molar-refractivity contribution in [3.05, 3.63) is 70.3 Å². The minimum atomic E-state index is -1.18. The largest absolute Gasteiger partial charge is 0.394 e. The highest BCUT2D eigenvalue weighted by molar-refractivity contribution is 6.28. The molecule has 2 aliphatic rings. The van der Waals surface area contributed by atoms with Gasteiger partial charge in [0.1, 0.15) is 6.04 Å². The minimum Gasteiger partial charge on any atom is -0.394 e. The number of ether oxygens (including phenoxy) is 1. The maximum absolute atomic E-state index is 12.8. The first kappa shape index (κ1) is 20.9. The minimum absolute atomic E-state index is 0.108. The van der Waals surface area contributed by atoms with Gasteiger partial charge in [0.2, 0.25) is 0 Å². The molecule has 0 bridgehead atoms.